The van der Waals surface area contributed by atoms with Crippen LogP contribution in [0.15, 0.2) is 0 Å². The molecular formula is C14H27NO2. The Bertz CT molecular complexity index is 295. The first-order valence-corrected chi connectivity index (χ1v) is 6.54. The lowest BCUT2D eigenvalue weighted by Crippen LogP contribution is -2.44. The Hall–Kier alpha value is -0.570. The van der Waals surface area contributed by atoms with Gasteiger partial charge in [0.05, 0.1) is 6.10 Å². The number of hydrogen-bond acceptors (Lipinski definition) is 2. The van der Waals surface area contributed by atoms with Gasteiger partial charge in [0.15, 0.2) is 0 Å². The second kappa shape index (κ2) is 4.60. The predicted octanol–water partition coefficient (Wildman–Crippen LogP) is 2.19. The first-order chi connectivity index (χ1) is 7.58. The lowest BCUT2D eigenvalue weighted by molar-refractivity contribution is -0.124. The molecule has 1 aliphatic rings. The minimum atomic E-state index is -0.394. The smallest absolute Gasteiger partial charge is 0.223 e. The Balaban J connectivity index is 2.42. The maximum atomic E-state index is 11.9. The molecule has 100 valence electrons. The van der Waals surface area contributed by atoms with Crippen molar-refractivity contribution in [3.63, 3.8) is 0 Å². The van der Waals surface area contributed by atoms with Gasteiger partial charge in [-0.15, -0.1) is 0 Å². The van der Waals surface area contributed by atoms with Gasteiger partial charge < -0.3 is 10.4 Å². The molecule has 17 heavy (non-hydrogen) atoms. The van der Waals surface area contributed by atoms with Crippen LogP contribution < -0.4 is 5.32 Å². The van der Waals surface area contributed by atoms with E-state index in [2.05, 4.69) is 19.2 Å². The number of carbonyl (C=O) groups excluding carboxylic acids is 1. The molecule has 1 aliphatic carbocycles. The van der Waals surface area contributed by atoms with Crippen LogP contribution in [0.4, 0.5) is 0 Å². The summed E-state index contributed by atoms with van der Waals surface area (Å²) in [5.74, 6) is 0.507. The van der Waals surface area contributed by atoms with E-state index < -0.39 is 6.10 Å². The molecule has 2 unspecified atom stereocenters. The number of amides is 1. The molecular weight excluding hydrogens is 214 g/mol. The van der Waals surface area contributed by atoms with E-state index in [0.717, 1.165) is 6.42 Å². The fourth-order valence-electron chi connectivity index (χ4n) is 2.36. The van der Waals surface area contributed by atoms with Gasteiger partial charge in [0, 0.05) is 17.9 Å². The van der Waals surface area contributed by atoms with Gasteiger partial charge in [0.2, 0.25) is 5.91 Å². The zero-order valence-electron chi connectivity index (χ0n) is 12.0. The number of nitrogens with one attached hydrogen (secondary N) is 1. The predicted molar refractivity (Wildman–Crippen MR) is 69.5 cm³/mol. The van der Waals surface area contributed by atoms with Crippen molar-refractivity contribution in [1.82, 2.24) is 5.32 Å². The van der Waals surface area contributed by atoms with Crippen LogP contribution in [-0.4, -0.2) is 23.7 Å². The van der Waals surface area contributed by atoms with E-state index in [0.29, 0.717) is 6.54 Å². The molecule has 0 bridgehead atoms. The summed E-state index contributed by atoms with van der Waals surface area (Å²) in [5, 5.41) is 13.1. The van der Waals surface area contributed by atoms with E-state index in [1.165, 1.54) is 0 Å². The Morgan fingerprint density at radius 2 is 1.94 bits per heavy atom. The number of hydrogen-bond donors (Lipinski definition) is 2. The second-order valence-corrected chi connectivity index (χ2v) is 7.14. The molecule has 1 rings (SSSR count). The summed E-state index contributed by atoms with van der Waals surface area (Å²) in [7, 11) is 0. The zero-order chi connectivity index (χ0) is 13.4. The van der Waals surface area contributed by atoms with Crippen molar-refractivity contribution in [2.45, 2.75) is 54.1 Å². The topological polar surface area (TPSA) is 49.3 Å². The monoisotopic (exact) mass is 241 g/mol. The summed E-state index contributed by atoms with van der Waals surface area (Å²) in [6, 6.07) is 0. The number of carbonyl (C=O) groups is 1. The van der Waals surface area contributed by atoms with E-state index in [1.807, 2.05) is 27.7 Å². The highest BCUT2D eigenvalue weighted by atomic mass is 16.3. The molecule has 0 radical (unpaired) electrons. The fourth-order valence-corrected chi connectivity index (χ4v) is 2.36. The molecule has 1 saturated carbocycles. The van der Waals surface area contributed by atoms with Gasteiger partial charge in [-0.1, -0.05) is 41.5 Å². The molecule has 3 heteroatoms. The molecule has 1 amide bonds. The number of aliphatic hydroxyl groups excluding tert-OH is 1. The highest BCUT2D eigenvalue weighted by Gasteiger charge is 2.50. The minimum Gasteiger partial charge on any atom is -0.392 e. The minimum absolute atomic E-state index is 0.138. The van der Waals surface area contributed by atoms with E-state index in [-0.39, 0.29) is 28.6 Å². The average molecular weight is 241 g/mol. The third-order valence-electron chi connectivity index (χ3n) is 3.98. The van der Waals surface area contributed by atoms with Gasteiger partial charge in [-0.2, -0.15) is 0 Å². The standard InChI is InChI=1S/C14H27NO2/c1-9(2)11(16)14(5,6)8-15-12(17)10-7-13(10,3)4/h9-11,16H,7-8H2,1-6H3,(H,15,17). The first-order valence-electron chi connectivity index (χ1n) is 6.54. The summed E-state index contributed by atoms with van der Waals surface area (Å²) in [4.78, 5) is 11.9. The Labute approximate surface area is 105 Å². The lowest BCUT2D eigenvalue weighted by Gasteiger charge is -2.33. The van der Waals surface area contributed by atoms with Crippen LogP contribution >= 0.6 is 0 Å². The van der Waals surface area contributed by atoms with Crippen molar-refractivity contribution < 1.29 is 9.90 Å². The molecule has 1 fully saturated rings. The Kier molecular flexibility index (Phi) is 3.92. The van der Waals surface area contributed by atoms with Gasteiger partial charge in [0.1, 0.15) is 0 Å². The molecule has 0 saturated heterocycles. The van der Waals surface area contributed by atoms with Crippen molar-refractivity contribution in [2.75, 3.05) is 6.54 Å². The maximum Gasteiger partial charge on any atom is 0.223 e. The third kappa shape index (κ3) is 3.44. The normalized spacial score (nSPS) is 24.6. The summed E-state index contributed by atoms with van der Waals surface area (Å²) < 4.78 is 0. The van der Waals surface area contributed by atoms with Gasteiger partial charge in [-0.05, 0) is 17.8 Å². The highest BCUT2D eigenvalue weighted by Crippen LogP contribution is 2.51. The molecule has 0 aliphatic heterocycles. The molecule has 2 N–H and O–H groups in total. The molecule has 0 aromatic carbocycles. The fraction of sp³-hybridized carbons (Fsp3) is 0.929. The average Bonchev–Trinajstić information content (AvgIpc) is 2.83. The highest BCUT2D eigenvalue weighted by molar-refractivity contribution is 5.82. The van der Waals surface area contributed by atoms with Crippen molar-refractivity contribution in [3.05, 3.63) is 0 Å². The van der Waals surface area contributed by atoms with E-state index >= 15 is 0 Å². The van der Waals surface area contributed by atoms with E-state index in [1.54, 1.807) is 0 Å². The van der Waals surface area contributed by atoms with Crippen molar-refractivity contribution >= 4 is 5.91 Å². The summed E-state index contributed by atoms with van der Waals surface area (Å²) in [6.45, 7) is 12.8. The van der Waals surface area contributed by atoms with Crippen LogP contribution in [0.25, 0.3) is 0 Å². The molecule has 2 atom stereocenters. The molecule has 0 heterocycles. The van der Waals surface area contributed by atoms with Crippen LogP contribution in [0.2, 0.25) is 0 Å². The van der Waals surface area contributed by atoms with Gasteiger partial charge >= 0.3 is 0 Å². The van der Waals surface area contributed by atoms with Crippen molar-refractivity contribution in [3.8, 4) is 0 Å². The van der Waals surface area contributed by atoms with Crippen LogP contribution in [-0.2, 0) is 4.79 Å². The Morgan fingerprint density at radius 3 is 2.29 bits per heavy atom. The first kappa shape index (κ1) is 14.5. The summed E-state index contributed by atoms with van der Waals surface area (Å²) in [5.41, 5.74) is -0.103. The van der Waals surface area contributed by atoms with Crippen LogP contribution in [0.5, 0.6) is 0 Å². The number of aliphatic hydroxyl groups is 1. The van der Waals surface area contributed by atoms with Gasteiger partial charge in [-0.25, -0.2) is 0 Å². The quantitative estimate of drug-likeness (QED) is 0.775. The molecule has 0 spiro atoms. The summed E-state index contributed by atoms with van der Waals surface area (Å²) in [6.07, 6.45) is 0.585. The van der Waals surface area contributed by atoms with Crippen molar-refractivity contribution in [2.24, 2.45) is 22.7 Å². The SMILES string of the molecule is CC(C)C(O)C(C)(C)CNC(=O)C1CC1(C)C. The second-order valence-electron chi connectivity index (χ2n) is 7.14. The van der Waals surface area contributed by atoms with E-state index in [9.17, 15) is 9.90 Å². The van der Waals surface area contributed by atoms with Crippen molar-refractivity contribution in [1.29, 1.82) is 0 Å². The maximum absolute atomic E-state index is 11.9. The lowest BCUT2D eigenvalue weighted by atomic mass is 9.80. The largest absolute Gasteiger partial charge is 0.392 e. The number of rotatable bonds is 5. The molecule has 3 nitrogen and oxygen atoms in total. The van der Waals surface area contributed by atoms with Crippen LogP contribution in [0.1, 0.15) is 48.0 Å². The van der Waals surface area contributed by atoms with Gasteiger partial charge in [-0.3, -0.25) is 4.79 Å². The zero-order valence-corrected chi connectivity index (χ0v) is 12.0. The Morgan fingerprint density at radius 1 is 1.47 bits per heavy atom. The van der Waals surface area contributed by atoms with Crippen LogP contribution in [0.3, 0.4) is 0 Å². The third-order valence-corrected chi connectivity index (χ3v) is 3.98. The van der Waals surface area contributed by atoms with Crippen LogP contribution in [0, 0.1) is 22.7 Å². The summed E-state index contributed by atoms with van der Waals surface area (Å²) >= 11 is 0. The molecule has 0 aromatic rings. The van der Waals surface area contributed by atoms with Gasteiger partial charge in [0.25, 0.3) is 0 Å². The molecule has 0 aromatic heterocycles. The van der Waals surface area contributed by atoms with E-state index in [4.69, 9.17) is 0 Å².